The molecule has 1 atom stereocenters. The van der Waals surface area contributed by atoms with Crippen LogP contribution in [0.1, 0.15) is 87.7 Å². The largest absolute Gasteiger partial charge is 0.491 e. The molecule has 4 rings (SSSR count). The molecule has 1 aliphatic heterocycles. The van der Waals surface area contributed by atoms with E-state index in [2.05, 4.69) is 94.1 Å². The molecular formula is C34H46N2O. The predicted octanol–water partition coefficient (Wildman–Crippen LogP) is 8.35. The van der Waals surface area contributed by atoms with Gasteiger partial charge in [0.1, 0.15) is 5.75 Å². The van der Waals surface area contributed by atoms with Gasteiger partial charge >= 0.3 is 0 Å². The second kappa shape index (κ2) is 13.2. The number of benzene rings is 2. The smallest absolute Gasteiger partial charge is 0.128 e. The molecule has 1 aliphatic rings. The van der Waals surface area contributed by atoms with Crippen molar-refractivity contribution in [3.63, 3.8) is 0 Å². The monoisotopic (exact) mass is 498 g/mol. The molecule has 2 aromatic carbocycles. The summed E-state index contributed by atoms with van der Waals surface area (Å²) in [5.74, 6) is 1.01. The molecule has 1 unspecified atom stereocenters. The standard InChI is InChI=1S/C34H46N2O/c1-6-28-18-14-19-29(7-2)34(28)32-23-33(37-25(3)4)31(26(5)35-32)24-36-22-12-11-20-30(36)21-13-17-27-15-9-8-10-16-27/h8-10,14-16,18-19,23,25,30H,6-7,11-13,17,20-22,24H2,1-5H3. The molecule has 0 bridgehead atoms. The highest BCUT2D eigenvalue weighted by Gasteiger charge is 2.25. The molecular weight excluding hydrogens is 452 g/mol. The number of hydrogen-bond donors (Lipinski definition) is 0. The van der Waals surface area contributed by atoms with Crippen molar-refractivity contribution < 1.29 is 4.74 Å². The highest BCUT2D eigenvalue weighted by molar-refractivity contribution is 5.70. The molecule has 0 radical (unpaired) electrons. The molecule has 1 aromatic heterocycles. The van der Waals surface area contributed by atoms with Crippen molar-refractivity contribution in [3.05, 3.63) is 82.5 Å². The van der Waals surface area contributed by atoms with Gasteiger partial charge in [-0.3, -0.25) is 9.88 Å². The van der Waals surface area contributed by atoms with Gasteiger partial charge in [0.05, 0.1) is 11.8 Å². The molecule has 37 heavy (non-hydrogen) atoms. The Morgan fingerprint density at radius 1 is 0.973 bits per heavy atom. The molecule has 3 nitrogen and oxygen atoms in total. The number of pyridine rings is 1. The molecule has 0 N–H and O–H groups in total. The van der Waals surface area contributed by atoms with Crippen LogP contribution in [0.25, 0.3) is 11.3 Å². The van der Waals surface area contributed by atoms with Gasteiger partial charge in [-0.1, -0.05) is 68.8 Å². The van der Waals surface area contributed by atoms with Crippen molar-refractivity contribution in [2.75, 3.05) is 6.54 Å². The predicted molar refractivity (Wildman–Crippen MR) is 156 cm³/mol. The lowest BCUT2D eigenvalue weighted by Gasteiger charge is -2.36. The molecule has 0 aliphatic carbocycles. The maximum atomic E-state index is 6.48. The second-order valence-corrected chi connectivity index (χ2v) is 10.9. The molecule has 0 spiro atoms. The van der Waals surface area contributed by atoms with Crippen molar-refractivity contribution in [2.45, 2.75) is 105 Å². The first kappa shape index (κ1) is 27.4. The molecule has 3 heteroatoms. The second-order valence-electron chi connectivity index (χ2n) is 10.9. The normalized spacial score (nSPS) is 16.3. The van der Waals surface area contributed by atoms with Crippen LogP contribution >= 0.6 is 0 Å². The maximum Gasteiger partial charge on any atom is 0.128 e. The fraction of sp³-hybridized carbons (Fsp3) is 0.500. The topological polar surface area (TPSA) is 25.4 Å². The van der Waals surface area contributed by atoms with Crippen LogP contribution in [0.15, 0.2) is 54.6 Å². The Balaban J connectivity index is 1.59. The van der Waals surface area contributed by atoms with Crippen molar-refractivity contribution in [3.8, 4) is 17.0 Å². The number of nitrogens with zero attached hydrogens (tertiary/aromatic N) is 2. The van der Waals surface area contributed by atoms with Crippen LogP contribution in [-0.2, 0) is 25.8 Å². The number of hydrogen-bond acceptors (Lipinski definition) is 3. The number of piperidine rings is 1. The number of likely N-dealkylation sites (tertiary alicyclic amines) is 1. The molecule has 0 saturated carbocycles. The minimum absolute atomic E-state index is 0.128. The highest BCUT2D eigenvalue weighted by atomic mass is 16.5. The van der Waals surface area contributed by atoms with Crippen LogP contribution in [0.3, 0.4) is 0 Å². The number of ether oxygens (including phenoxy) is 1. The van der Waals surface area contributed by atoms with E-state index < -0.39 is 0 Å². The van der Waals surface area contributed by atoms with E-state index in [1.165, 1.54) is 66.3 Å². The summed E-state index contributed by atoms with van der Waals surface area (Å²) in [7, 11) is 0. The van der Waals surface area contributed by atoms with Crippen LogP contribution in [0, 0.1) is 6.92 Å². The van der Waals surface area contributed by atoms with Gasteiger partial charge in [-0.05, 0) is 89.0 Å². The lowest BCUT2D eigenvalue weighted by atomic mass is 9.93. The van der Waals surface area contributed by atoms with E-state index >= 15 is 0 Å². The molecule has 198 valence electrons. The van der Waals surface area contributed by atoms with E-state index in [0.29, 0.717) is 6.04 Å². The van der Waals surface area contributed by atoms with Gasteiger partial charge < -0.3 is 4.74 Å². The lowest BCUT2D eigenvalue weighted by molar-refractivity contribution is 0.127. The fourth-order valence-corrected chi connectivity index (χ4v) is 5.91. The Kier molecular flexibility index (Phi) is 9.80. The first-order valence-corrected chi connectivity index (χ1v) is 14.6. The minimum atomic E-state index is 0.128. The summed E-state index contributed by atoms with van der Waals surface area (Å²) in [6.45, 7) is 13.0. The molecule has 0 amide bonds. The van der Waals surface area contributed by atoms with Gasteiger partial charge in [0.15, 0.2) is 0 Å². The number of aryl methyl sites for hydroxylation is 4. The van der Waals surface area contributed by atoms with Gasteiger partial charge in [0.2, 0.25) is 0 Å². The number of rotatable bonds is 11. The first-order valence-electron chi connectivity index (χ1n) is 14.6. The van der Waals surface area contributed by atoms with Crippen LogP contribution in [-0.4, -0.2) is 28.6 Å². The Labute approximate surface area is 225 Å². The van der Waals surface area contributed by atoms with Crippen LogP contribution in [0.4, 0.5) is 0 Å². The molecule has 2 heterocycles. The average molecular weight is 499 g/mol. The zero-order valence-corrected chi connectivity index (χ0v) is 23.7. The summed E-state index contributed by atoms with van der Waals surface area (Å²) in [5, 5.41) is 0. The summed E-state index contributed by atoms with van der Waals surface area (Å²) in [4.78, 5) is 7.93. The summed E-state index contributed by atoms with van der Waals surface area (Å²) >= 11 is 0. The van der Waals surface area contributed by atoms with E-state index in [4.69, 9.17) is 9.72 Å². The van der Waals surface area contributed by atoms with Crippen molar-refractivity contribution in [1.29, 1.82) is 0 Å². The van der Waals surface area contributed by atoms with E-state index in [1.807, 2.05) is 0 Å². The van der Waals surface area contributed by atoms with Crippen molar-refractivity contribution in [2.24, 2.45) is 0 Å². The lowest BCUT2D eigenvalue weighted by Crippen LogP contribution is -2.39. The van der Waals surface area contributed by atoms with Crippen LogP contribution < -0.4 is 4.74 Å². The van der Waals surface area contributed by atoms with E-state index in [0.717, 1.165) is 43.1 Å². The van der Waals surface area contributed by atoms with Crippen LogP contribution in [0.2, 0.25) is 0 Å². The third-order valence-corrected chi connectivity index (χ3v) is 7.86. The Bertz CT molecular complexity index is 1120. The van der Waals surface area contributed by atoms with E-state index in [-0.39, 0.29) is 6.10 Å². The van der Waals surface area contributed by atoms with Gasteiger partial charge in [0, 0.05) is 35.5 Å². The summed E-state index contributed by atoms with van der Waals surface area (Å²) < 4.78 is 6.48. The third-order valence-electron chi connectivity index (χ3n) is 7.86. The SMILES string of the molecule is CCc1cccc(CC)c1-c1cc(OC(C)C)c(CN2CCCCC2CCCc2ccccc2)c(C)n1. The quantitative estimate of drug-likeness (QED) is 0.266. The third kappa shape index (κ3) is 7.02. The van der Waals surface area contributed by atoms with Crippen molar-refractivity contribution >= 4 is 0 Å². The summed E-state index contributed by atoms with van der Waals surface area (Å²) in [5.41, 5.74) is 8.91. The zero-order valence-electron chi connectivity index (χ0n) is 23.7. The van der Waals surface area contributed by atoms with Gasteiger partial charge in [-0.15, -0.1) is 0 Å². The Morgan fingerprint density at radius 3 is 2.38 bits per heavy atom. The number of aromatic nitrogens is 1. The fourth-order valence-electron chi connectivity index (χ4n) is 5.91. The molecule has 1 saturated heterocycles. The van der Waals surface area contributed by atoms with Gasteiger partial charge in [-0.25, -0.2) is 0 Å². The highest BCUT2D eigenvalue weighted by Crippen LogP contribution is 2.35. The Morgan fingerprint density at radius 2 is 1.70 bits per heavy atom. The maximum absolute atomic E-state index is 6.48. The first-order chi connectivity index (χ1) is 18.0. The molecule has 1 fully saturated rings. The zero-order chi connectivity index (χ0) is 26.2. The average Bonchev–Trinajstić information content (AvgIpc) is 2.91. The Hall–Kier alpha value is -2.65. The van der Waals surface area contributed by atoms with E-state index in [1.54, 1.807) is 0 Å². The summed E-state index contributed by atoms with van der Waals surface area (Å²) in [6.07, 6.45) is 9.71. The van der Waals surface area contributed by atoms with Crippen molar-refractivity contribution in [1.82, 2.24) is 9.88 Å². The van der Waals surface area contributed by atoms with Gasteiger partial charge in [0.25, 0.3) is 0 Å². The minimum Gasteiger partial charge on any atom is -0.491 e. The van der Waals surface area contributed by atoms with E-state index in [9.17, 15) is 0 Å². The van der Waals surface area contributed by atoms with Gasteiger partial charge in [-0.2, -0.15) is 0 Å². The van der Waals surface area contributed by atoms with Crippen LogP contribution in [0.5, 0.6) is 5.75 Å². The summed E-state index contributed by atoms with van der Waals surface area (Å²) in [6, 6.07) is 20.5. The molecule has 3 aromatic rings.